The van der Waals surface area contributed by atoms with Gasteiger partial charge in [0.15, 0.2) is 5.82 Å². The molecule has 0 bridgehead atoms. The molecule has 0 spiro atoms. The highest BCUT2D eigenvalue weighted by atomic mass is 16.2. The summed E-state index contributed by atoms with van der Waals surface area (Å²) in [7, 11) is 1.79. The molecule has 2 unspecified atom stereocenters. The lowest BCUT2D eigenvalue weighted by Gasteiger charge is -2.42. The van der Waals surface area contributed by atoms with Crippen LogP contribution in [0.4, 0.5) is 5.82 Å². The van der Waals surface area contributed by atoms with Gasteiger partial charge in [0.05, 0.1) is 0 Å². The van der Waals surface area contributed by atoms with Crippen LogP contribution in [0, 0.1) is 0 Å². The number of aromatic nitrogens is 2. The van der Waals surface area contributed by atoms with E-state index in [4.69, 9.17) is 0 Å². The summed E-state index contributed by atoms with van der Waals surface area (Å²) in [6, 6.07) is 1.27. The molecule has 1 aliphatic rings. The molecule has 1 aromatic rings. The number of anilines is 1. The molecule has 1 aromatic heterocycles. The van der Waals surface area contributed by atoms with Crippen LogP contribution in [0.1, 0.15) is 33.6 Å². The summed E-state index contributed by atoms with van der Waals surface area (Å²) in [5.74, 6) is 0.325. The smallest absolute Gasteiger partial charge is 0.254 e. The first-order chi connectivity index (χ1) is 8.92. The molecule has 6 nitrogen and oxygen atoms in total. The third-order valence-electron chi connectivity index (χ3n) is 3.74. The largest absolute Gasteiger partial charge is 0.340 e. The number of rotatable bonds is 3. The van der Waals surface area contributed by atoms with Gasteiger partial charge < -0.3 is 5.32 Å². The molecule has 1 fully saturated rings. The molecular formula is C13H20N4O2. The van der Waals surface area contributed by atoms with E-state index in [1.54, 1.807) is 30.9 Å². The minimum Gasteiger partial charge on any atom is -0.340 e. The molecular weight excluding hydrogens is 244 g/mol. The molecule has 1 N–H and O–H groups in total. The Labute approximate surface area is 112 Å². The van der Waals surface area contributed by atoms with Crippen LogP contribution in [-0.4, -0.2) is 33.2 Å². The van der Waals surface area contributed by atoms with Crippen molar-refractivity contribution in [3.8, 4) is 0 Å². The van der Waals surface area contributed by atoms with Gasteiger partial charge in [-0.1, -0.05) is 13.8 Å². The van der Waals surface area contributed by atoms with Gasteiger partial charge in [0.1, 0.15) is 11.6 Å². The Hall–Kier alpha value is -1.85. The third-order valence-corrected chi connectivity index (χ3v) is 3.74. The average Bonchev–Trinajstić information content (AvgIpc) is 2.79. The minimum absolute atomic E-state index is 0.0971. The van der Waals surface area contributed by atoms with E-state index < -0.39 is 11.6 Å². The zero-order valence-electron chi connectivity index (χ0n) is 11.8. The van der Waals surface area contributed by atoms with E-state index in [2.05, 4.69) is 10.4 Å². The second-order valence-electron chi connectivity index (χ2n) is 5.12. The van der Waals surface area contributed by atoms with Crippen molar-refractivity contribution in [2.75, 3.05) is 4.90 Å². The van der Waals surface area contributed by atoms with Crippen LogP contribution in [-0.2, 0) is 16.6 Å². The molecule has 104 valence electrons. The van der Waals surface area contributed by atoms with Gasteiger partial charge in [0.2, 0.25) is 5.91 Å². The summed E-state index contributed by atoms with van der Waals surface area (Å²) >= 11 is 0. The number of aryl methyl sites for hydroxylation is 1. The zero-order valence-corrected chi connectivity index (χ0v) is 11.8. The maximum absolute atomic E-state index is 12.7. The Balaban J connectivity index is 2.45. The maximum Gasteiger partial charge on any atom is 0.254 e. The maximum atomic E-state index is 12.7. The lowest BCUT2D eigenvalue weighted by molar-refractivity contribution is -0.138. The van der Waals surface area contributed by atoms with Gasteiger partial charge in [-0.05, 0) is 19.8 Å². The van der Waals surface area contributed by atoms with Crippen molar-refractivity contribution in [1.29, 1.82) is 0 Å². The van der Waals surface area contributed by atoms with Gasteiger partial charge in [0, 0.05) is 19.3 Å². The molecule has 19 heavy (non-hydrogen) atoms. The topological polar surface area (TPSA) is 67.2 Å². The van der Waals surface area contributed by atoms with Gasteiger partial charge >= 0.3 is 0 Å². The number of hydrogen-bond donors (Lipinski definition) is 1. The molecule has 1 saturated heterocycles. The summed E-state index contributed by atoms with van der Waals surface area (Å²) < 4.78 is 1.63. The van der Waals surface area contributed by atoms with Crippen LogP contribution in [0.25, 0.3) is 0 Å². The molecule has 2 atom stereocenters. The molecule has 2 amide bonds. The quantitative estimate of drug-likeness (QED) is 0.879. The summed E-state index contributed by atoms with van der Waals surface area (Å²) in [6.45, 7) is 5.54. The van der Waals surface area contributed by atoms with Crippen molar-refractivity contribution in [2.45, 2.75) is 45.2 Å². The van der Waals surface area contributed by atoms with Crippen LogP contribution in [0.2, 0.25) is 0 Å². The van der Waals surface area contributed by atoms with Gasteiger partial charge in [-0.15, -0.1) is 0 Å². The SMILES string of the molecule is CCC1C(=O)NC(C)(CC)C(=O)N1c1ccn(C)n1. The fraction of sp³-hybridized carbons (Fsp3) is 0.615. The predicted molar refractivity (Wildman–Crippen MR) is 71.6 cm³/mol. The summed E-state index contributed by atoms with van der Waals surface area (Å²) in [4.78, 5) is 26.4. The van der Waals surface area contributed by atoms with Gasteiger partial charge in [0.25, 0.3) is 5.91 Å². The number of nitrogens with one attached hydrogen (secondary N) is 1. The highest BCUT2D eigenvalue weighted by Gasteiger charge is 2.47. The summed E-state index contributed by atoms with van der Waals surface area (Å²) in [5.41, 5.74) is -0.847. The summed E-state index contributed by atoms with van der Waals surface area (Å²) in [6.07, 6.45) is 2.89. The van der Waals surface area contributed by atoms with Crippen LogP contribution < -0.4 is 10.2 Å². The normalized spacial score (nSPS) is 27.6. The van der Waals surface area contributed by atoms with E-state index in [1.807, 2.05) is 13.8 Å². The Bertz CT molecular complexity index is 510. The number of piperazine rings is 1. The van der Waals surface area contributed by atoms with Crippen molar-refractivity contribution in [3.63, 3.8) is 0 Å². The van der Waals surface area contributed by atoms with Crippen molar-refractivity contribution in [1.82, 2.24) is 15.1 Å². The van der Waals surface area contributed by atoms with E-state index >= 15 is 0 Å². The van der Waals surface area contributed by atoms with Gasteiger partial charge in [-0.3, -0.25) is 19.2 Å². The Morgan fingerprint density at radius 2 is 2.11 bits per heavy atom. The van der Waals surface area contributed by atoms with Crippen molar-refractivity contribution < 1.29 is 9.59 Å². The average molecular weight is 264 g/mol. The third kappa shape index (κ3) is 2.11. The summed E-state index contributed by atoms with van der Waals surface area (Å²) in [5, 5.41) is 7.09. The lowest BCUT2D eigenvalue weighted by Crippen LogP contribution is -2.69. The van der Waals surface area contributed by atoms with E-state index in [9.17, 15) is 9.59 Å². The van der Waals surface area contributed by atoms with E-state index in [0.717, 1.165) is 0 Å². The predicted octanol–water partition coefficient (Wildman–Crippen LogP) is 0.830. The number of carbonyl (C=O) groups is 2. The highest BCUT2D eigenvalue weighted by molar-refractivity contribution is 6.10. The minimum atomic E-state index is -0.847. The first kappa shape index (κ1) is 13.6. The molecule has 2 rings (SSSR count). The second-order valence-corrected chi connectivity index (χ2v) is 5.12. The molecule has 0 aliphatic carbocycles. The standard InChI is InChI=1S/C13H20N4O2/c1-5-9-11(18)14-13(3,6-2)12(19)17(9)10-7-8-16(4)15-10/h7-9H,5-6H2,1-4H3,(H,14,18). The van der Waals surface area contributed by atoms with Crippen LogP contribution in [0.15, 0.2) is 12.3 Å². The molecule has 2 heterocycles. The number of amides is 2. The van der Waals surface area contributed by atoms with Crippen molar-refractivity contribution in [3.05, 3.63) is 12.3 Å². The Morgan fingerprint density at radius 1 is 1.42 bits per heavy atom. The van der Waals surface area contributed by atoms with Crippen LogP contribution in [0.3, 0.4) is 0 Å². The first-order valence-corrected chi connectivity index (χ1v) is 6.58. The van der Waals surface area contributed by atoms with Crippen LogP contribution >= 0.6 is 0 Å². The Kier molecular flexibility index (Phi) is 3.34. The molecule has 1 aliphatic heterocycles. The van der Waals surface area contributed by atoms with E-state index in [1.165, 1.54) is 4.90 Å². The number of nitrogens with zero attached hydrogens (tertiary/aromatic N) is 3. The molecule has 0 radical (unpaired) electrons. The number of hydrogen-bond acceptors (Lipinski definition) is 3. The van der Waals surface area contributed by atoms with Gasteiger partial charge in [-0.25, -0.2) is 0 Å². The second kappa shape index (κ2) is 4.68. The monoisotopic (exact) mass is 264 g/mol. The molecule has 0 aromatic carbocycles. The number of carbonyl (C=O) groups excluding carboxylic acids is 2. The fourth-order valence-electron chi connectivity index (χ4n) is 2.34. The lowest BCUT2D eigenvalue weighted by atomic mass is 9.91. The fourth-order valence-corrected chi connectivity index (χ4v) is 2.34. The molecule has 0 saturated carbocycles. The van der Waals surface area contributed by atoms with E-state index in [0.29, 0.717) is 18.7 Å². The van der Waals surface area contributed by atoms with E-state index in [-0.39, 0.29) is 11.8 Å². The molecule has 6 heteroatoms. The highest BCUT2D eigenvalue weighted by Crippen LogP contribution is 2.27. The van der Waals surface area contributed by atoms with Gasteiger partial charge in [-0.2, -0.15) is 5.10 Å². The van der Waals surface area contributed by atoms with Crippen molar-refractivity contribution >= 4 is 17.6 Å². The zero-order chi connectivity index (χ0) is 14.2. The van der Waals surface area contributed by atoms with Crippen LogP contribution in [0.5, 0.6) is 0 Å². The van der Waals surface area contributed by atoms with Crippen molar-refractivity contribution in [2.24, 2.45) is 7.05 Å². The Morgan fingerprint density at radius 3 is 2.58 bits per heavy atom. The first-order valence-electron chi connectivity index (χ1n) is 6.58.